The number of para-hydroxylation sites is 1. The quantitative estimate of drug-likeness (QED) is 0.880. The lowest BCUT2D eigenvalue weighted by atomic mass is 9.92. The molecule has 2 aromatic rings. The molecule has 1 N–H and O–H groups in total. The molecule has 1 atom stereocenters. The van der Waals surface area contributed by atoms with Gasteiger partial charge < -0.3 is 5.32 Å². The molecule has 0 aliphatic carbocycles. The smallest absolute Gasteiger partial charge is 0.293 e. The van der Waals surface area contributed by atoms with E-state index in [0.717, 1.165) is 11.1 Å². The van der Waals surface area contributed by atoms with Gasteiger partial charge in [-0.2, -0.15) is 5.26 Å². The molecule has 0 fully saturated rings. The molecule has 0 saturated carbocycles. The molecule has 2 rings (SSSR count). The number of anilines is 1. The highest BCUT2D eigenvalue weighted by molar-refractivity contribution is 6.43. The number of hydrogen-bond acceptors (Lipinski definition) is 3. The third-order valence-electron chi connectivity index (χ3n) is 3.51. The summed E-state index contributed by atoms with van der Waals surface area (Å²) in [5.74, 6) is -2.62. The summed E-state index contributed by atoms with van der Waals surface area (Å²) in [6.07, 6.45) is 0. The van der Waals surface area contributed by atoms with Crippen LogP contribution in [0.15, 0.2) is 48.5 Å². The summed E-state index contributed by atoms with van der Waals surface area (Å²) in [5, 5.41) is 11.9. The first-order valence-electron chi connectivity index (χ1n) is 6.90. The number of nitriles is 1. The summed E-state index contributed by atoms with van der Waals surface area (Å²) < 4.78 is 0. The topological polar surface area (TPSA) is 70.0 Å². The van der Waals surface area contributed by atoms with Crippen LogP contribution >= 0.6 is 0 Å². The predicted molar refractivity (Wildman–Crippen MR) is 84.3 cm³/mol. The van der Waals surface area contributed by atoms with E-state index in [-0.39, 0.29) is 0 Å². The first kappa shape index (κ1) is 15.5. The Labute approximate surface area is 129 Å². The Morgan fingerprint density at radius 2 is 1.59 bits per heavy atom. The van der Waals surface area contributed by atoms with Gasteiger partial charge in [-0.1, -0.05) is 42.5 Å². The highest BCUT2D eigenvalue weighted by Gasteiger charge is 2.28. The van der Waals surface area contributed by atoms with Gasteiger partial charge in [0.2, 0.25) is 5.78 Å². The van der Waals surface area contributed by atoms with Gasteiger partial charge in [0.1, 0.15) is 5.92 Å². The van der Waals surface area contributed by atoms with E-state index in [1.54, 1.807) is 24.3 Å². The van der Waals surface area contributed by atoms with Gasteiger partial charge in [-0.15, -0.1) is 0 Å². The molecule has 0 aliphatic heterocycles. The van der Waals surface area contributed by atoms with Crippen LogP contribution in [0.2, 0.25) is 0 Å². The molecule has 4 heteroatoms. The fraction of sp³-hybridized carbons (Fsp3) is 0.167. The molecule has 4 nitrogen and oxygen atoms in total. The zero-order valence-corrected chi connectivity index (χ0v) is 12.5. The first-order valence-corrected chi connectivity index (χ1v) is 6.90. The lowest BCUT2D eigenvalue weighted by Crippen LogP contribution is -2.28. The zero-order valence-electron chi connectivity index (χ0n) is 12.5. The fourth-order valence-electron chi connectivity index (χ4n) is 2.21. The van der Waals surface area contributed by atoms with Crippen molar-refractivity contribution in [3.05, 3.63) is 65.2 Å². The third-order valence-corrected chi connectivity index (χ3v) is 3.51. The Bertz CT molecular complexity index is 760. The number of carbonyl (C=O) groups is 2. The number of rotatable bonds is 4. The molecule has 0 saturated heterocycles. The average Bonchev–Trinajstić information content (AvgIpc) is 2.52. The second-order valence-corrected chi connectivity index (χ2v) is 5.05. The maximum Gasteiger partial charge on any atom is 0.293 e. The van der Waals surface area contributed by atoms with Gasteiger partial charge in [-0.05, 0) is 36.6 Å². The molecule has 22 heavy (non-hydrogen) atoms. The third kappa shape index (κ3) is 3.21. The van der Waals surface area contributed by atoms with Crippen LogP contribution in [-0.2, 0) is 9.59 Å². The summed E-state index contributed by atoms with van der Waals surface area (Å²) in [6, 6.07) is 16.2. The van der Waals surface area contributed by atoms with Crippen molar-refractivity contribution in [2.24, 2.45) is 0 Å². The number of aryl methyl sites for hydroxylation is 2. The van der Waals surface area contributed by atoms with Crippen molar-refractivity contribution >= 4 is 17.4 Å². The monoisotopic (exact) mass is 292 g/mol. The van der Waals surface area contributed by atoms with Gasteiger partial charge in [-0.25, -0.2) is 0 Å². The standard InChI is InChI=1S/C18H16N2O2/c1-12-7-3-5-9-14(12)15(11-19)17(21)18(22)20-16-10-6-4-8-13(16)2/h3-10,15H,1-2H3,(H,20,22)/t15-/m1/s1. The highest BCUT2D eigenvalue weighted by Crippen LogP contribution is 2.21. The Morgan fingerprint density at radius 1 is 1.00 bits per heavy atom. The Balaban J connectivity index is 2.23. The van der Waals surface area contributed by atoms with Crippen molar-refractivity contribution in [1.82, 2.24) is 0 Å². The van der Waals surface area contributed by atoms with Crippen LogP contribution in [0.3, 0.4) is 0 Å². The lowest BCUT2D eigenvalue weighted by Gasteiger charge is -2.12. The van der Waals surface area contributed by atoms with Crippen LogP contribution in [0, 0.1) is 25.2 Å². The van der Waals surface area contributed by atoms with E-state index in [9.17, 15) is 14.9 Å². The molecule has 0 unspecified atom stereocenters. The predicted octanol–water partition coefficient (Wildman–Crippen LogP) is 3.12. The van der Waals surface area contributed by atoms with Crippen molar-refractivity contribution in [1.29, 1.82) is 5.26 Å². The number of nitrogens with zero attached hydrogens (tertiary/aromatic N) is 1. The van der Waals surface area contributed by atoms with Crippen LogP contribution in [0.1, 0.15) is 22.6 Å². The molecule has 0 aromatic heterocycles. The molecule has 1 amide bonds. The molecule has 110 valence electrons. The van der Waals surface area contributed by atoms with E-state index in [4.69, 9.17) is 0 Å². The van der Waals surface area contributed by atoms with E-state index < -0.39 is 17.6 Å². The van der Waals surface area contributed by atoms with E-state index in [1.807, 2.05) is 44.2 Å². The minimum absolute atomic E-state index is 0.565. The minimum Gasteiger partial charge on any atom is -0.319 e. The Kier molecular flexibility index (Phi) is 4.70. The van der Waals surface area contributed by atoms with Crippen LogP contribution < -0.4 is 5.32 Å². The second-order valence-electron chi connectivity index (χ2n) is 5.05. The van der Waals surface area contributed by atoms with Crippen LogP contribution in [-0.4, -0.2) is 11.7 Å². The van der Waals surface area contributed by atoms with Crippen molar-refractivity contribution < 1.29 is 9.59 Å². The SMILES string of the molecule is Cc1ccccc1NC(=O)C(=O)[C@H](C#N)c1ccccc1C. The summed E-state index contributed by atoms with van der Waals surface area (Å²) in [5.41, 5.74) is 2.80. The van der Waals surface area contributed by atoms with Gasteiger partial charge in [-0.3, -0.25) is 9.59 Å². The molecule has 0 spiro atoms. The number of hydrogen-bond donors (Lipinski definition) is 1. The molecule has 0 heterocycles. The maximum atomic E-state index is 12.3. The van der Waals surface area contributed by atoms with Gasteiger partial charge in [0.05, 0.1) is 6.07 Å². The Hall–Kier alpha value is -2.93. The number of benzene rings is 2. The maximum absolute atomic E-state index is 12.3. The molecular formula is C18H16N2O2. The Morgan fingerprint density at radius 3 is 2.18 bits per heavy atom. The average molecular weight is 292 g/mol. The van der Waals surface area contributed by atoms with Crippen molar-refractivity contribution in [2.45, 2.75) is 19.8 Å². The minimum atomic E-state index is -1.09. The summed E-state index contributed by atoms with van der Waals surface area (Å²) in [6.45, 7) is 3.65. The summed E-state index contributed by atoms with van der Waals surface area (Å²) in [7, 11) is 0. The van der Waals surface area contributed by atoms with Crippen molar-refractivity contribution in [3.8, 4) is 6.07 Å². The van der Waals surface area contributed by atoms with E-state index >= 15 is 0 Å². The summed E-state index contributed by atoms with van der Waals surface area (Å²) >= 11 is 0. The molecule has 0 aliphatic rings. The van der Waals surface area contributed by atoms with Gasteiger partial charge >= 0.3 is 0 Å². The van der Waals surface area contributed by atoms with Gasteiger partial charge in [0.15, 0.2) is 0 Å². The fourth-order valence-corrected chi connectivity index (χ4v) is 2.21. The van der Waals surface area contributed by atoms with Crippen LogP contribution in [0.25, 0.3) is 0 Å². The van der Waals surface area contributed by atoms with Gasteiger partial charge in [0, 0.05) is 5.69 Å². The molecule has 2 aromatic carbocycles. The summed E-state index contributed by atoms with van der Waals surface area (Å²) in [4.78, 5) is 24.4. The van der Waals surface area contributed by atoms with E-state index in [0.29, 0.717) is 11.3 Å². The zero-order chi connectivity index (χ0) is 16.1. The molecule has 0 bridgehead atoms. The number of nitrogens with one attached hydrogen (secondary N) is 1. The highest BCUT2D eigenvalue weighted by atomic mass is 16.2. The number of Topliss-reactive ketones (excluding diaryl/α,β-unsaturated/α-hetero) is 1. The lowest BCUT2D eigenvalue weighted by molar-refractivity contribution is -0.135. The van der Waals surface area contributed by atoms with E-state index in [1.165, 1.54) is 0 Å². The van der Waals surface area contributed by atoms with Gasteiger partial charge in [0.25, 0.3) is 5.91 Å². The number of amides is 1. The molecule has 0 radical (unpaired) electrons. The van der Waals surface area contributed by atoms with Crippen molar-refractivity contribution in [3.63, 3.8) is 0 Å². The normalized spacial score (nSPS) is 11.3. The first-order chi connectivity index (χ1) is 10.5. The second kappa shape index (κ2) is 6.68. The van der Waals surface area contributed by atoms with Crippen molar-refractivity contribution in [2.75, 3.05) is 5.32 Å². The largest absolute Gasteiger partial charge is 0.319 e. The van der Waals surface area contributed by atoms with Crippen LogP contribution in [0.5, 0.6) is 0 Å². The van der Waals surface area contributed by atoms with E-state index in [2.05, 4.69) is 5.32 Å². The number of ketones is 1. The number of carbonyl (C=O) groups excluding carboxylic acids is 2. The van der Waals surface area contributed by atoms with Crippen LogP contribution in [0.4, 0.5) is 5.69 Å². The molecular weight excluding hydrogens is 276 g/mol.